The van der Waals surface area contributed by atoms with Gasteiger partial charge in [0.05, 0.1) is 11.7 Å². The first kappa shape index (κ1) is 51.2. The Labute approximate surface area is 412 Å². The third-order valence-electron chi connectivity index (χ3n) is 13.4. The number of aromatic nitrogens is 1. The molecule has 4 aromatic rings. The Bertz CT molecular complexity index is 2750. The number of amides is 7. The molecule has 4 aliphatic rings. The van der Waals surface area contributed by atoms with Crippen LogP contribution >= 0.6 is 19.2 Å². The predicted molar refractivity (Wildman–Crippen MR) is 258 cm³/mol. The lowest BCUT2D eigenvalue weighted by Crippen LogP contribution is -2.60. The summed E-state index contributed by atoms with van der Waals surface area (Å²) < 4.78 is 46.7. The van der Waals surface area contributed by atoms with Crippen LogP contribution in [0.4, 0.5) is 25.0 Å². The van der Waals surface area contributed by atoms with Crippen molar-refractivity contribution in [3.05, 3.63) is 88.6 Å². The number of carbonyl (C=O) groups is 6. The molecule has 380 valence electrons. The van der Waals surface area contributed by atoms with Gasteiger partial charge in [-0.15, -0.1) is 0 Å². The number of H-pyrrole nitrogens is 1. The number of ether oxygens (including phenoxy) is 1. The van der Waals surface area contributed by atoms with E-state index in [1.165, 1.54) is 17.0 Å². The Morgan fingerprint density at radius 2 is 1.73 bits per heavy atom. The van der Waals surface area contributed by atoms with E-state index < -0.39 is 66.6 Å². The van der Waals surface area contributed by atoms with Crippen LogP contribution in [0.15, 0.2) is 66.7 Å². The van der Waals surface area contributed by atoms with E-state index in [9.17, 15) is 51.9 Å². The van der Waals surface area contributed by atoms with E-state index in [2.05, 4.69) is 30.7 Å². The summed E-state index contributed by atoms with van der Waals surface area (Å²) in [4.78, 5) is 109. The molecule has 0 spiro atoms. The van der Waals surface area contributed by atoms with Crippen molar-refractivity contribution in [1.82, 2.24) is 35.6 Å². The van der Waals surface area contributed by atoms with E-state index in [1.807, 2.05) is 41.3 Å². The van der Waals surface area contributed by atoms with E-state index in [1.54, 1.807) is 18.0 Å². The van der Waals surface area contributed by atoms with Crippen molar-refractivity contribution < 1.29 is 56.6 Å². The molecule has 4 fully saturated rings. The van der Waals surface area contributed by atoms with Gasteiger partial charge in [0.25, 0.3) is 5.91 Å². The third kappa shape index (κ3) is 11.6. The van der Waals surface area contributed by atoms with Gasteiger partial charge in [-0.3, -0.25) is 43.7 Å². The van der Waals surface area contributed by atoms with Crippen molar-refractivity contribution in [2.24, 2.45) is 5.73 Å². The fraction of sp³-hybridized carbons (Fsp3) is 0.447. The Morgan fingerprint density at radius 3 is 2.46 bits per heavy atom. The van der Waals surface area contributed by atoms with Crippen molar-refractivity contribution >= 4 is 77.0 Å². The molecule has 0 unspecified atom stereocenters. The molecule has 5 heterocycles. The topological polar surface area (TPSA) is 263 Å². The number of halogens is 3. The smallest absolute Gasteiger partial charge is 0.399 e. The van der Waals surface area contributed by atoms with Gasteiger partial charge < -0.3 is 50.6 Å². The molecule has 71 heavy (non-hydrogen) atoms. The van der Waals surface area contributed by atoms with Gasteiger partial charge >= 0.3 is 19.3 Å². The number of nitrogens with one attached hydrogen (secondary N) is 4. The average Bonchev–Trinajstić information content (AvgIpc) is 3.96. The number of anilines is 2. The summed E-state index contributed by atoms with van der Waals surface area (Å²) in [6, 6.07) is 13.7. The summed E-state index contributed by atoms with van der Waals surface area (Å²) >= 11 is 6.99. The molecule has 24 heteroatoms. The molecule has 8 N–H and O–H groups in total. The molecule has 3 aromatic carbocycles. The number of likely N-dealkylation sites (N-methyl/N-ethyl adjacent to an activating group) is 1. The number of hydrogen-bond acceptors (Lipinski definition) is 11. The number of carbonyl (C=O) groups excluding carboxylic acids is 6. The van der Waals surface area contributed by atoms with Crippen molar-refractivity contribution in [3.8, 4) is 5.75 Å². The number of imide groups is 1. The third-order valence-corrected chi connectivity index (χ3v) is 14.8. The SMILES string of the molecule is CN1CC[C@H]2CC[C@@H](C(=O)N[C@@H](CCC(N)=O)COc3cccc(N4CCN(Cc5cccc(N6CCC(=O)NC6=O)c5)CC4)c3Cl)N2C(=O)[C@@H](NC(=O)c2cc3cc(C(F)(F)P(=O)(O)O)ccc3[nH]2)C1. The molecule has 0 radical (unpaired) electrons. The lowest BCUT2D eigenvalue weighted by molar-refractivity contribution is -0.143. The number of primary amides is 1. The van der Waals surface area contributed by atoms with Crippen molar-refractivity contribution in [2.45, 2.75) is 74.9 Å². The van der Waals surface area contributed by atoms with Gasteiger partial charge in [-0.1, -0.05) is 35.9 Å². The van der Waals surface area contributed by atoms with Crippen molar-refractivity contribution in [3.63, 3.8) is 0 Å². The maximum absolute atomic E-state index is 14.5. The van der Waals surface area contributed by atoms with E-state index in [4.69, 9.17) is 22.1 Å². The van der Waals surface area contributed by atoms with Gasteiger partial charge in [-0.25, -0.2) is 4.79 Å². The number of aromatic amines is 1. The van der Waals surface area contributed by atoms with Crippen molar-refractivity contribution in [2.75, 3.05) is 69.3 Å². The van der Waals surface area contributed by atoms with Gasteiger partial charge in [0.15, 0.2) is 0 Å². The van der Waals surface area contributed by atoms with Gasteiger partial charge in [0.2, 0.25) is 23.6 Å². The number of piperazine rings is 1. The molecule has 8 rings (SSSR count). The highest BCUT2D eigenvalue weighted by molar-refractivity contribution is 7.52. The van der Waals surface area contributed by atoms with E-state index >= 15 is 0 Å². The molecule has 4 aliphatic heterocycles. The first-order valence-electron chi connectivity index (χ1n) is 23.3. The summed E-state index contributed by atoms with van der Waals surface area (Å²) in [6.07, 6.45) is 1.70. The minimum atomic E-state index is -5.84. The summed E-state index contributed by atoms with van der Waals surface area (Å²) in [5.74, 6) is -2.23. The van der Waals surface area contributed by atoms with Crippen LogP contribution in [-0.2, 0) is 36.0 Å². The van der Waals surface area contributed by atoms with Crippen LogP contribution in [0.25, 0.3) is 10.9 Å². The Hall–Kier alpha value is -6.16. The molecule has 7 amide bonds. The van der Waals surface area contributed by atoms with Gasteiger partial charge in [-0.2, -0.15) is 8.78 Å². The first-order chi connectivity index (χ1) is 33.7. The van der Waals surface area contributed by atoms with E-state index in [0.29, 0.717) is 62.8 Å². The van der Waals surface area contributed by atoms with Gasteiger partial charge in [0.1, 0.15) is 35.2 Å². The maximum atomic E-state index is 14.5. The molecule has 4 atom stereocenters. The zero-order valence-electron chi connectivity index (χ0n) is 38.8. The van der Waals surface area contributed by atoms with Gasteiger partial charge in [0, 0.05) is 86.9 Å². The summed E-state index contributed by atoms with van der Waals surface area (Å²) in [5.41, 5.74) is 2.80. The van der Waals surface area contributed by atoms with Crippen LogP contribution in [-0.4, -0.2) is 149 Å². The monoisotopic (exact) mass is 1020 g/mol. The van der Waals surface area contributed by atoms with Crippen molar-refractivity contribution in [1.29, 1.82) is 0 Å². The molecule has 20 nitrogen and oxygen atoms in total. The molecule has 0 aliphatic carbocycles. The molecular formula is C47H56ClF2N10O10P. The highest BCUT2D eigenvalue weighted by Crippen LogP contribution is 2.59. The largest absolute Gasteiger partial charge is 0.490 e. The summed E-state index contributed by atoms with van der Waals surface area (Å²) in [5, 5.41) is 8.54. The van der Waals surface area contributed by atoms with Crippen LogP contribution in [0.3, 0.4) is 0 Å². The summed E-state index contributed by atoms with van der Waals surface area (Å²) in [6.45, 7) is 4.29. The zero-order chi connectivity index (χ0) is 50.8. The fourth-order valence-electron chi connectivity index (χ4n) is 9.64. The lowest BCUT2D eigenvalue weighted by Gasteiger charge is -2.38. The van der Waals surface area contributed by atoms with Crippen LogP contribution in [0.5, 0.6) is 5.75 Å². The second-order valence-corrected chi connectivity index (χ2v) is 20.5. The first-order valence-corrected chi connectivity index (χ1v) is 25.3. The quantitative estimate of drug-likeness (QED) is 0.0795. The number of fused-ring (bicyclic) bond motifs is 2. The number of rotatable bonds is 16. The van der Waals surface area contributed by atoms with Crippen LogP contribution in [0.1, 0.15) is 60.1 Å². The van der Waals surface area contributed by atoms with Crippen LogP contribution in [0.2, 0.25) is 5.02 Å². The molecular weight excluding hydrogens is 969 g/mol. The Morgan fingerprint density at radius 1 is 0.972 bits per heavy atom. The zero-order valence-corrected chi connectivity index (χ0v) is 40.5. The predicted octanol–water partition coefficient (Wildman–Crippen LogP) is 3.44. The number of nitrogens with zero attached hydrogens (tertiary/aromatic N) is 5. The number of nitrogens with two attached hydrogens (primary N) is 1. The Balaban J connectivity index is 0.894. The van der Waals surface area contributed by atoms with E-state index in [-0.39, 0.29) is 61.0 Å². The standard InChI is InChI=1S/C47H56ClF2N10O10P/c1-56-16-14-32-10-12-38(60(32)45(65)36(26-56)54-43(63)35-24-29-23-30(8-11-34(29)53-35)47(49,50)71(67,68)69)44(64)52-31(9-13-40(51)61)27-70-39-7-3-6-37(42(39)48)58-20-18-57(19-21-58)25-28-4-2-5-33(22-28)59-17-15-41(62)55-46(59)66/h2-8,11,22-24,31-32,36,38,53H,9-10,12-21,25-27H2,1H3,(H2,51,61)(H,52,64)(H,54,63)(H,55,62,66)(H2,67,68,69)/t31-,32+,36-,38-/m0/s1. The average molecular weight is 1030 g/mol. The Kier molecular flexibility index (Phi) is 15.3. The molecule has 0 bridgehead atoms. The lowest BCUT2D eigenvalue weighted by atomic mass is 10.1. The van der Waals surface area contributed by atoms with Gasteiger partial charge in [-0.05, 0) is 87.3 Å². The number of hydrogen-bond donors (Lipinski definition) is 7. The fourth-order valence-corrected chi connectivity index (χ4v) is 10.4. The van der Waals surface area contributed by atoms with Crippen LogP contribution < -0.4 is 36.2 Å². The second kappa shape index (κ2) is 21.3. The highest BCUT2D eigenvalue weighted by atomic mass is 35.5. The molecule has 0 saturated carbocycles. The normalized spacial score (nSPS) is 21.1. The number of benzene rings is 3. The number of urea groups is 1. The maximum Gasteiger partial charge on any atom is 0.399 e. The van der Waals surface area contributed by atoms with E-state index in [0.717, 1.165) is 42.2 Å². The molecule has 1 aromatic heterocycles. The highest BCUT2D eigenvalue weighted by Gasteiger charge is 2.50. The molecule has 4 saturated heterocycles. The minimum Gasteiger partial charge on any atom is -0.490 e. The second-order valence-electron chi connectivity index (χ2n) is 18.4. The summed E-state index contributed by atoms with van der Waals surface area (Å²) in [7, 11) is -4.04. The van der Waals surface area contributed by atoms with Crippen LogP contribution in [0, 0.1) is 0 Å². The minimum absolute atomic E-state index is 0.0667. The number of alkyl halides is 2.